The molecule has 12 nitrogen and oxygen atoms in total. The molecular weight excluding hydrogens is 360 g/mol. The number of carbonyl (C=O) groups excluding carboxylic acids is 3. The Morgan fingerprint density at radius 2 is 1.89 bits per heavy atom. The highest BCUT2D eigenvalue weighted by Gasteiger charge is 2.57. The Labute approximate surface area is 152 Å². The highest BCUT2D eigenvalue weighted by atomic mass is 16.6. The van der Waals surface area contributed by atoms with E-state index in [9.17, 15) is 24.5 Å². The second-order valence-corrected chi connectivity index (χ2v) is 6.35. The van der Waals surface area contributed by atoms with E-state index < -0.39 is 28.6 Å². The highest BCUT2D eigenvalue weighted by Crippen LogP contribution is 2.43. The minimum atomic E-state index is -1.84. The maximum absolute atomic E-state index is 12.5. The molecule has 12 heteroatoms. The van der Waals surface area contributed by atoms with Gasteiger partial charge in [-0.15, -0.1) is 0 Å². The number of rotatable bonds is 2. The minimum absolute atomic E-state index is 0.122. The standard InChI is InChI=1S/C15H16N6O6/c1-19-14(24)16-9-7-10(20-2-4-27-5-3-20)11(21(25)26)6-8(9)15(19)12(22)17-13(23)18-15/h6-7H,2-5H2,1H3,(H,16,24)(H2,17,18,22,23). The number of fused-ring (bicyclic) bond motifs is 2. The Kier molecular flexibility index (Phi) is 3.66. The zero-order chi connectivity index (χ0) is 19.3. The van der Waals surface area contributed by atoms with Crippen LogP contribution in [0, 0.1) is 10.1 Å². The van der Waals surface area contributed by atoms with E-state index in [0.29, 0.717) is 32.0 Å². The van der Waals surface area contributed by atoms with Gasteiger partial charge in [0, 0.05) is 31.8 Å². The lowest BCUT2D eigenvalue weighted by Crippen LogP contribution is -2.62. The van der Waals surface area contributed by atoms with Gasteiger partial charge in [-0.2, -0.15) is 0 Å². The molecule has 0 radical (unpaired) electrons. The maximum Gasteiger partial charge on any atom is 0.324 e. The number of nitrogens with one attached hydrogen (secondary N) is 3. The van der Waals surface area contributed by atoms with E-state index in [1.54, 1.807) is 4.90 Å². The summed E-state index contributed by atoms with van der Waals surface area (Å²) in [5, 5.41) is 18.8. The third-order valence-corrected chi connectivity index (χ3v) is 4.95. The smallest absolute Gasteiger partial charge is 0.324 e. The topological polar surface area (TPSA) is 146 Å². The molecule has 142 valence electrons. The van der Waals surface area contributed by atoms with E-state index in [0.717, 1.165) is 4.90 Å². The molecule has 3 aliphatic heterocycles. The third kappa shape index (κ3) is 2.37. The summed E-state index contributed by atoms with van der Waals surface area (Å²) in [6.07, 6.45) is 0. The molecule has 1 spiro atoms. The van der Waals surface area contributed by atoms with Crippen LogP contribution >= 0.6 is 0 Å². The lowest BCUT2D eigenvalue weighted by Gasteiger charge is -2.41. The summed E-state index contributed by atoms with van der Waals surface area (Å²) in [6.45, 7) is 1.75. The van der Waals surface area contributed by atoms with Crippen LogP contribution < -0.4 is 20.9 Å². The number of imide groups is 1. The average Bonchev–Trinajstić information content (AvgIpc) is 2.94. The monoisotopic (exact) mass is 376 g/mol. The summed E-state index contributed by atoms with van der Waals surface area (Å²) in [5.74, 6) is -0.778. The molecule has 0 aromatic heterocycles. The van der Waals surface area contributed by atoms with Crippen LogP contribution in [0.25, 0.3) is 0 Å². The largest absolute Gasteiger partial charge is 0.378 e. The van der Waals surface area contributed by atoms with E-state index in [-0.39, 0.29) is 16.9 Å². The van der Waals surface area contributed by atoms with Crippen LogP contribution in [0.1, 0.15) is 5.56 Å². The van der Waals surface area contributed by atoms with Crippen molar-refractivity contribution in [1.82, 2.24) is 15.5 Å². The van der Waals surface area contributed by atoms with Crippen LogP contribution in [0.3, 0.4) is 0 Å². The lowest BCUT2D eigenvalue weighted by atomic mass is 9.92. The molecule has 1 atom stereocenters. The molecule has 3 N–H and O–H groups in total. The van der Waals surface area contributed by atoms with Crippen molar-refractivity contribution < 1.29 is 24.0 Å². The molecule has 5 amide bonds. The van der Waals surface area contributed by atoms with Gasteiger partial charge >= 0.3 is 12.1 Å². The molecule has 4 rings (SSSR count). The van der Waals surface area contributed by atoms with Gasteiger partial charge in [-0.25, -0.2) is 9.59 Å². The Morgan fingerprint density at radius 3 is 2.48 bits per heavy atom. The number of benzene rings is 1. The normalized spacial score (nSPS) is 24.4. The van der Waals surface area contributed by atoms with Crippen molar-refractivity contribution in [2.75, 3.05) is 43.6 Å². The predicted molar refractivity (Wildman–Crippen MR) is 91.3 cm³/mol. The van der Waals surface area contributed by atoms with E-state index in [1.807, 2.05) is 0 Å². The first-order valence-electron chi connectivity index (χ1n) is 8.18. The number of hydrogen-bond donors (Lipinski definition) is 3. The van der Waals surface area contributed by atoms with E-state index in [1.165, 1.54) is 19.2 Å². The number of likely N-dealkylation sites (N-methyl/N-ethyl adjacent to an activating group) is 1. The Hall–Kier alpha value is -3.41. The molecule has 2 fully saturated rings. The molecular formula is C15H16N6O6. The van der Waals surface area contributed by atoms with Gasteiger partial charge in [0.1, 0.15) is 5.69 Å². The Morgan fingerprint density at radius 1 is 1.19 bits per heavy atom. The summed E-state index contributed by atoms with van der Waals surface area (Å²) in [6, 6.07) is 1.28. The number of carbonyl (C=O) groups is 3. The van der Waals surface area contributed by atoms with Gasteiger partial charge < -0.3 is 20.3 Å². The second-order valence-electron chi connectivity index (χ2n) is 6.35. The maximum atomic E-state index is 12.5. The number of amides is 5. The molecule has 27 heavy (non-hydrogen) atoms. The molecule has 1 aromatic carbocycles. The summed E-state index contributed by atoms with van der Waals surface area (Å²) in [4.78, 5) is 50.6. The third-order valence-electron chi connectivity index (χ3n) is 4.95. The molecule has 3 heterocycles. The fraction of sp³-hybridized carbons (Fsp3) is 0.400. The quantitative estimate of drug-likeness (QED) is 0.371. The van der Waals surface area contributed by atoms with Crippen molar-refractivity contribution in [1.29, 1.82) is 0 Å². The average molecular weight is 376 g/mol. The van der Waals surface area contributed by atoms with Crippen molar-refractivity contribution in [2.45, 2.75) is 5.66 Å². The van der Waals surface area contributed by atoms with Crippen molar-refractivity contribution in [3.05, 3.63) is 27.8 Å². The first-order valence-corrected chi connectivity index (χ1v) is 8.18. The van der Waals surface area contributed by atoms with Crippen LogP contribution in [0.15, 0.2) is 12.1 Å². The fourth-order valence-corrected chi connectivity index (χ4v) is 3.59. The molecule has 1 aromatic rings. The SMILES string of the molecule is CN1C(=O)Nc2cc(N3CCOCC3)c([N+](=O)[O-])cc2C12NC(=O)NC2=O. The number of nitro benzene ring substituents is 1. The van der Waals surface area contributed by atoms with Gasteiger partial charge in [0.25, 0.3) is 11.6 Å². The van der Waals surface area contributed by atoms with E-state index in [2.05, 4.69) is 16.0 Å². The van der Waals surface area contributed by atoms with Gasteiger partial charge in [0.05, 0.1) is 23.8 Å². The summed E-state index contributed by atoms with van der Waals surface area (Å²) in [7, 11) is 1.32. The van der Waals surface area contributed by atoms with Gasteiger partial charge in [-0.1, -0.05) is 0 Å². The molecule has 0 aliphatic carbocycles. The van der Waals surface area contributed by atoms with Crippen molar-refractivity contribution in [2.24, 2.45) is 0 Å². The summed E-state index contributed by atoms with van der Waals surface area (Å²) < 4.78 is 5.28. The zero-order valence-electron chi connectivity index (χ0n) is 14.3. The number of nitrogens with zero attached hydrogens (tertiary/aromatic N) is 3. The Bertz CT molecular complexity index is 882. The molecule has 0 saturated carbocycles. The van der Waals surface area contributed by atoms with Crippen LogP contribution in [0.2, 0.25) is 0 Å². The lowest BCUT2D eigenvalue weighted by molar-refractivity contribution is -0.384. The van der Waals surface area contributed by atoms with E-state index >= 15 is 0 Å². The van der Waals surface area contributed by atoms with Gasteiger partial charge in [-0.05, 0) is 6.07 Å². The predicted octanol–water partition coefficient (Wildman–Crippen LogP) is -0.0991. The number of anilines is 2. The minimum Gasteiger partial charge on any atom is -0.378 e. The van der Waals surface area contributed by atoms with Crippen molar-refractivity contribution in [3.8, 4) is 0 Å². The number of nitro groups is 1. The second kappa shape index (κ2) is 5.81. The van der Waals surface area contributed by atoms with Crippen molar-refractivity contribution >= 4 is 35.0 Å². The van der Waals surface area contributed by atoms with Crippen LogP contribution in [-0.4, -0.2) is 61.1 Å². The summed E-state index contributed by atoms with van der Waals surface area (Å²) >= 11 is 0. The molecule has 1 unspecified atom stereocenters. The van der Waals surface area contributed by atoms with Crippen LogP contribution in [-0.2, 0) is 15.2 Å². The Balaban J connectivity index is 1.92. The fourth-order valence-electron chi connectivity index (χ4n) is 3.59. The first-order chi connectivity index (χ1) is 12.8. The molecule has 0 bridgehead atoms. The number of ether oxygens (including phenoxy) is 1. The van der Waals surface area contributed by atoms with E-state index in [4.69, 9.17) is 4.74 Å². The van der Waals surface area contributed by atoms with Gasteiger partial charge in [0.15, 0.2) is 0 Å². The number of morpholine rings is 1. The van der Waals surface area contributed by atoms with Crippen LogP contribution in [0.5, 0.6) is 0 Å². The van der Waals surface area contributed by atoms with Crippen molar-refractivity contribution in [3.63, 3.8) is 0 Å². The zero-order valence-corrected chi connectivity index (χ0v) is 14.3. The first kappa shape index (κ1) is 17.0. The summed E-state index contributed by atoms with van der Waals surface area (Å²) in [5.41, 5.74) is -1.41. The molecule has 2 saturated heterocycles. The number of hydrogen-bond acceptors (Lipinski definition) is 7. The van der Waals surface area contributed by atoms with Crippen LogP contribution in [0.4, 0.5) is 26.7 Å². The highest BCUT2D eigenvalue weighted by molar-refractivity contribution is 6.12. The van der Waals surface area contributed by atoms with Gasteiger partial charge in [-0.3, -0.25) is 25.1 Å². The molecule has 3 aliphatic rings. The number of urea groups is 2. The van der Waals surface area contributed by atoms with Gasteiger partial charge in [0.2, 0.25) is 5.66 Å².